The van der Waals surface area contributed by atoms with Crippen LogP contribution in [0.4, 0.5) is 0 Å². The minimum Gasteiger partial charge on any atom is -0.480 e. The number of aliphatic carboxylic acids is 1. The molecular formula is C13H23N5O6. The number of carbonyl (C=O) groups is 5. The molecule has 0 aliphatic carbocycles. The van der Waals surface area contributed by atoms with Crippen molar-refractivity contribution >= 4 is 29.6 Å². The second-order valence-electron chi connectivity index (χ2n) is 5.34. The van der Waals surface area contributed by atoms with E-state index in [1.807, 2.05) is 0 Å². The molecule has 2 unspecified atom stereocenters. The topological polar surface area (TPSA) is 194 Å². The molecule has 4 amide bonds. The minimum atomic E-state index is -1.48. The smallest absolute Gasteiger partial charge is 0.326 e. The molecule has 0 aliphatic rings. The normalized spacial score (nSPS) is 12.8. The quantitative estimate of drug-likeness (QED) is 0.238. The molecule has 0 fully saturated rings. The summed E-state index contributed by atoms with van der Waals surface area (Å²) in [5, 5.41) is 15.6. The molecule has 0 aliphatic heterocycles. The van der Waals surface area contributed by atoms with Gasteiger partial charge in [-0.25, -0.2) is 4.79 Å². The van der Waals surface area contributed by atoms with E-state index in [0.29, 0.717) is 0 Å². The highest BCUT2D eigenvalue weighted by Crippen LogP contribution is 2.01. The third kappa shape index (κ3) is 8.08. The highest BCUT2D eigenvalue weighted by Gasteiger charge is 2.25. The summed E-state index contributed by atoms with van der Waals surface area (Å²) in [6.07, 6.45) is -0.573. The maximum absolute atomic E-state index is 12.0. The van der Waals surface area contributed by atoms with Crippen LogP contribution in [0.5, 0.6) is 0 Å². The summed E-state index contributed by atoms with van der Waals surface area (Å²) in [6, 6.07) is -2.38. The predicted octanol–water partition coefficient (Wildman–Crippen LogP) is -3.35. The van der Waals surface area contributed by atoms with Gasteiger partial charge in [0, 0.05) is 0 Å². The van der Waals surface area contributed by atoms with Crippen LogP contribution in [-0.2, 0) is 24.0 Å². The Labute approximate surface area is 138 Å². The molecule has 0 aromatic heterocycles. The number of amides is 4. The van der Waals surface area contributed by atoms with E-state index in [0.717, 1.165) is 0 Å². The molecule has 0 rings (SSSR count). The molecule has 0 aromatic rings. The van der Waals surface area contributed by atoms with Gasteiger partial charge in [0.05, 0.1) is 19.5 Å². The summed E-state index contributed by atoms with van der Waals surface area (Å²) in [6.45, 7) is 2.57. The third-order valence-corrected chi connectivity index (χ3v) is 2.91. The molecule has 0 saturated carbocycles. The number of carboxylic acids is 1. The molecule has 11 nitrogen and oxygen atoms in total. The van der Waals surface area contributed by atoms with Crippen LogP contribution in [0, 0.1) is 5.92 Å². The van der Waals surface area contributed by atoms with Gasteiger partial charge in [0.2, 0.25) is 23.6 Å². The van der Waals surface area contributed by atoms with Gasteiger partial charge in [-0.2, -0.15) is 0 Å². The van der Waals surface area contributed by atoms with Gasteiger partial charge >= 0.3 is 5.97 Å². The fourth-order valence-corrected chi connectivity index (χ4v) is 1.69. The van der Waals surface area contributed by atoms with Gasteiger partial charge in [0.1, 0.15) is 12.1 Å². The van der Waals surface area contributed by atoms with Gasteiger partial charge in [-0.15, -0.1) is 0 Å². The highest BCUT2D eigenvalue weighted by molar-refractivity contribution is 5.92. The van der Waals surface area contributed by atoms with Gasteiger partial charge < -0.3 is 32.5 Å². The summed E-state index contributed by atoms with van der Waals surface area (Å²) >= 11 is 0. The van der Waals surface area contributed by atoms with Gasteiger partial charge in [-0.1, -0.05) is 13.8 Å². The van der Waals surface area contributed by atoms with Crippen molar-refractivity contribution in [3.05, 3.63) is 0 Å². The largest absolute Gasteiger partial charge is 0.480 e. The summed E-state index contributed by atoms with van der Waals surface area (Å²) in [5.74, 6) is -4.54. The Balaban J connectivity index is 4.60. The van der Waals surface area contributed by atoms with E-state index in [-0.39, 0.29) is 12.5 Å². The zero-order valence-electron chi connectivity index (χ0n) is 13.5. The molecule has 0 heterocycles. The van der Waals surface area contributed by atoms with Crippen LogP contribution in [0.15, 0.2) is 0 Å². The van der Waals surface area contributed by atoms with Crippen LogP contribution in [0.2, 0.25) is 0 Å². The van der Waals surface area contributed by atoms with Gasteiger partial charge in [0.25, 0.3) is 0 Å². The Bertz CT molecular complexity index is 507. The number of carboxylic acid groups (broad SMARTS) is 1. The Morgan fingerprint density at radius 2 is 1.62 bits per heavy atom. The SMILES string of the molecule is CC(C)C(NC(=O)CN)C(=O)NCC(=O)NC(CC(N)=O)C(=O)O. The highest BCUT2D eigenvalue weighted by atomic mass is 16.4. The lowest BCUT2D eigenvalue weighted by Crippen LogP contribution is -2.53. The second kappa shape index (κ2) is 10.2. The maximum atomic E-state index is 12.0. The first-order chi connectivity index (χ1) is 11.1. The standard InChI is InChI=1S/C13H23N5O6/c1-6(2)11(18-9(20)4-14)12(22)16-5-10(21)17-7(13(23)24)3-8(15)19/h6-7,11H,3-5,14H2,1-2H3,(H2,15,19)(H,16,22)(H,17,21)(H,18,20)(H,23,24). The predicted molar refractivity (Wildman–Crippen MR) is 82.2 cm³/mol. The Kier molecular flexibility index (Phi) is 9.02. The number of hydrogen-bond donors (Lipinski definition) is 6. The van der Waals surface area contributed by atoms with E-state index >= 15 is 0 Å². The van der Waals surface area contributed by atoms with Gasteiger partial charge in [-0.3, -0.25) is 19.2 Å². The molecule has 0 saturated heterocycles. The molecular weight excluding hydrogens is 322 g/mol. The number of nitrogens with one attached hydrogen (secondary N) is 3. The fourth-order valence-electron chi connectivity index (χ4n) is 1.69. The van der Waals surface area contributed by atoms with Crippen molar-refractivity contribution in [3.63, 3.8) is 0 Å². The summed E-state index contributed by atoms with van der Waals surface area (Å²) in [7, 11) is 0. The maximum Gasteiger partial charge on any atom is 0.326 e. The molecule has 0 bridgehead atoms. The van der Waals surface area contributed by atoms with Crippen LogP contribution >= 0.6 is 0 Å². The van der Waals surface area contributed by atoms with E-state index in [4.69, 9.17) is 16.6 Å². The lowest BCUT2D eigenvalue weighted by atomic mass is 10.0. The molecule has 11 heteroatoms. The van der Waals surface area contributed by atoms with Crippen LogP contribution in [0.25, 0.3) is 0 Å². The number of hydrogen-bond acceptors (Lipinski definition) is 6. The lowest BCUT2D eigenvalue weighted by molar-refractivity contribution is -0.143. The molecule has 0 radical (unpaired) electrons. The minimum absolute atomic E-state index is 0.259. The number of carbonyl (C=O) groups excluding carboxylic acids is 4. The van der Waals surface area contributed by atoms with E-state index in [1.54, 1.807) is 13.8 Å². The summed E-state index contributed by atoms with van der Waals surface area (Å²) < 4.78 is 0. The van der Waals surface area contributed by atoms with Crippen molar-refractivity contribution in [2.75, 3.05) is 13.1 Å². The average molecular weight is 345 g/mol. The van der Waals surface area contributed by atoms with Crippen LogP contribution in [-0.4, -0.2) is 59.9 Å². The van der Waals surface area contributed by atoms with E-state index in [2.05, 4.69) is 16.0 Å². The Morgan fingerprint density at radius 1 is 1.04 bits per heavy atom. The zero-order chi connectivity index (χ0) is 18.9. The van der Waals surface area contributed by atoms with Crippen molar-refractivity contribution in [2.24, 2.45) is 17.4 Å². The fraction of sp³-hybridized carbons (Fsp3) is 0.615. The first-order valence-corrected chi connectivity index (χ1v) is 7.16. The Hall–Kier alpha value is -2.69. The van der Waals surface area contributed by atoms with Crippen LogP contribution in [0.1, 0.15) is 20.3 Å². The first-order valence-electron chi connectivity index (χ1n) is 7.16. The van der Waals surface area contributed by atoms with Crippen molar-refractivity contribution in [1.29, 1.82) is 0 Å². The van der Waals surface area contributed by atoms with E-state index < -0.39 is 54.6 Å². The first kappa shape index (κ1) is 21.3. The Morgan fingerprint density at radius 3 is 2.04 bits per heavy atom. The van der Waals surface area contributed by atoms with Crippen molar-refractivity contribution in [3.8, 4) is 0 Å². The zero-order valence-corrected chi connectivity index (χ0v) is 13.5. The lowest BCUT2D eigenvalue weighted by Gasteiger charge is -2.21. The van der Waals surface area contributed by atoms with E-state index in [9.17, 15) is 24.0 Å². The monoisotopic (exact) mass is 345 g/mol. The van der Waals surface area contributed by atoms with Crippen LogP contribution in [0.3, 0.4) is 0 Å². The molecule has 8 N–H and O–H groups in total. The average Bonchev–Trinajstić information content (AvgIpc) is 2.48. The summed E-state index contributed by atoms with van der Waals surface area (Å²) in [5.41, 5.74) is 10.1. The van der Waals surface area contributed by atoms with E-state index in [1.165, 1.54) is 0 Å². The molecule has 0 aromatic carbocycles. The molecule has 2 atom stereocenters. The van der Waals surface area contributed by atoms with Gasteiger partial charge in [-0.05, 0) is 5.92 Å². The third-order valence-electron chi connectivity index (χ3n) is 2.91. The summed E-state index contributed by atoms with van der Waals surface area (Å²) in [4.78, 5) is 56.6. The van der Waals surface area contributed by atoms with Crippen molar-refractivity contribution in [1.82, 2.24) is 16.0 Å². The van der Waals surface area contributed by atoms with Gasteiger partial charge in [0.15, 0.2) is 0 Å². The van der Waals surface area contributed by atoms with Crippen molar-refractivity contribution < 1.29 is 29.1 Å². The number of rotatable bonds is 10. The molecule has 24 heavy (non-hydrogen) atoms. The number of primary amides is 1. The van der Waals surface area contributed by atoms with Crippen LogP contribution < -0.4 is 27.4 Å². The molecule has 0 spiro atoms. The number of nitrogens with two attached hydrogens (primary N) is 2. The van der Waals surface area contributed by atoms with Crippen molar-refractivity contribution in [2.45, 2.75) is 32.4 Å². The molecule has 136 valence electrons. The second-order valence-corrected chi connectivity index (χ2v) is 5.34.